The molecule has 3 rings (SSSR count). The van der Waals surface area contributed by atoms with Gasteiger partial charge in [0.2, 0.25) is 6.10 Å². The second-order valence-corrected chi connectivity index (χ2v) is 5.75. The minimum Gasteiger partial charge on any atom is -0.463 e. The number of nitrogens with zero attached hydrogens (tertiary/aromatic N) is 3. The third kappa shape index (κ3) is 3.04. The van der Waals surface area contributed by atoms with Crippen LogP contribution in [0.3, 0.4) is 0 Å². The lowest BCUT2D eigenvalue weighted by molar-refractivity contribution is -0.160. The van der Waals surface area contributed by atoms with E-state index < -0.39 is 18.0 Å². The Morgan fingerprint density at radius 3 is 2.91 bits per heavy atom. The van der Waals surface area contributed by atoms with E-state index in [1.807, 2.05) is 26.8 Å². The number of carbonyl (C=O) groups excluding carboxylic acids is 2. The summed E-state index contributed by atoms with van der Waals surface area (Å²) < 4.78 is 11.7. The van der Waals surface area contributed by atoms with E-state index in [0.717, 1.165) is 28.3 Å². The molecule has 0 saturated carbocycles. The van der Waals surface area contributed by atoms with Gasteiger partial charge in [0, 0.05) is 30.3 Å². The highest BCUT2D eigenvalue weighted by molar-refractivity contribution is 5.80. The van der Waals surface area contributed by atoms with Gasteiger partial charge in [-0.2, -0.15) is 5.10 Å². The fraction of sp³-hybridized carbons (Fsp3) is 0.500. The predicted molar refractivity (Wildman–Crippen MR) is 81.0 cm³/mol. The first-order chi connectivity index (χ1) is 11.0. The van der Waals surface area contributed by atoms with E-state index in [1.165, 1.54) is 0 Å². The average Bonchev–Trinajstić information content (AvgIpc) is 3.04. The summed E-state index contributed by atoms with van der Waals surface area (Å²) >= 11 is 0. The molecule has 122 valence electrons. The second-order valence-electron chi connectivity index (χ2n) is 5.75. The van der Waals surface area contributed by atoms with Crippen LogP contribution in [0, 0.1) is 20.8 Å². The summed E-state index contributed by atoms with van der Waals surface area (Å²) in [5.41, 5.74) is 4.53. The first kappa shape index (κ1) is 15.5. The molecule has 1 unspecified atom stereocenters. The lowest BCUT2D eigenvalue weighted by atomic mass is 10.1. The van der Waals surface area contributed by atoms with Gasteiger partial charge >= 0.3 is 11.9 Å². The number of ether oxygens (including phenoxy) is 2. The molecule has 1 atom stereocenters. The van der Waals surface area contributed by atoms with Crippen molar-refractivity contribution in [3.8, 4) is 0 Å². The molecule has 0 radical (unpaired) electrons. The third-order valence-electron chi connectivity index (χ3n) is 4.03. The van der Waals surface area contributed by atoms with E-state index >= 15 is 0 Å². The van der Waals surface area contributed by atoms with Gasteiger partial charge < -0.3 is 9.47 Å². The summed E-state index contributed by atoms with van der Waals surface area (Å²) in [5.74, 6) is -0.856. The number of hydrogen-bond acceptors (Lipinski definition) is 6. The predicted octanol–water partition coefficient (Wildman–Crippen LogP) is 1.45. The van der Waals surface area contributed by atoms with Gasteiger partial charge in [0.15, 0.2) is 5.65 Å². The van der Waals surface area contributed by atoms with Crippen LogP contribution in [0.1, 0.15) is 35.5 Å². The molecule has 0 aromatic carbocycles. The Balaban J connectivity index is 1.71. The average molecular weight is 317 g/mol. The van der Waals surface area contributed by atoms with E-state index in [9.17, 15) is 9.59 Å². The van der Waals surface area contributed by atoms with Crippen LogP contribution in [0.25, 0.3) is 5.65 Å². The molecule has 0 aliphatic carbocycles. The normalized spacial score (nSPS) is 17.5. The van der Waals surface area contributed by atoms with Crippen molar-refractivity contribution in [1.29, 1.82) is 0 Å². The van der Waals surface area contributed by atoms with Crippen LogP contribution in [0.2, 0.25) is 0 Å². The monoisotopic (exact) mass is 317 g/mol. The van der Waals surface area contributed by atoms with E-state index in [1.54, 1.807) is 4.52 Å². The lowest BCUT2D eigenvalue weighted by Crippen LogP contribution is -2.23. The molecular formula is C16H19N3O4. The molecule has 7 heteroatoms. The van der Waals surface area contributed by atoms with Crippen molar-refractivity contribution in [2.24, 2.45) is 0 Å². The molecule has 2 aromatic heterocycles. The molecule has 2 aromatic rings. The van der Waals surface area contributed by atoms with Crippen LogP contribution in [0.4, 0.5) is 0 Å². The summed E-state index contributed by atoms with van der Waals surface area (Å²) in [6.07, 6.45) is 0.376. The number of cyclic esters (lactones) is 1. The lowest BCUT2D eigenvalue weighted by Gasteiger charge is -2.12. The zero-order valence-corrected chi connectivity index (χ0v) is 13.5. The van der Waals surface area contributed by atoms with Crippen LogP contribution < -0.4 is 0 Å². The van der Waals surface area contributed by atoms with Crippen molar-refractivity contribution < 1.29 is 19.1 Å². The topological polar surface area (TPSA) is 82.8 Å². The van der Waals surface area contributed by atoms with Crippen molar-refractivity contribution >= 4 is 17.6 Å². The van der Waals surface area contributed by atoms with Crippen LogP contribution in [-0.2, 0) is 25.5 Å². The first-order valence-electron chi connectivity index (χ1n) is 7.64. The van der Waals surface area contributed by atoms with Crippen molar-refractivity contribution in [2.45, 2.75) is 46.1 Å². The molecule has 1 aliphatic heterocycles. The summed E-state index contributed by atoms with van der Waals surface area (Å²) in [6, 6.07) is 1.92. The van der Waals surface area contributed by atoms with Crippen LogP contribution in [-0.4, -0.2) is 39.2 Å². The number of fused-ring (bicyclic) bond motifs is 1. The van der Waals surface area contributed by atoms with E-state index in [-0.39, 0.29) is 6.42 Å². The van der Waals surface area contributed by atoms with Crippen LogP contribution in [0.5, 0.6) is 0 Å². The van der Waals surface area contributed by atoms with Crippen molar-refractivity contribution in [3.05, 3.63) is 28.7 Å². The minimum atomic E-state index is -0.751. The molecule has 7 nitrogen and oxygen atoms in total. The maximum atomic E-state index is 11.9. The van der Waals surface area contributed by atoms with Crippen molar-refractivity contribution in [3.63, 3.8) is 0 Å². The fourth-order valence-corrected chi connectivity index (χ4v) is 2.83. The van der Waals surface area contributed by atoms with Crippen molar-refractivity contribution in [1.82, 2.24) is 14.6 Å². The maximum absolute atomic E-state index is 11.9. The third-order valence-corrected chi connectivity index (χ3v) is 4.03. The molecule has 0 bridgehead atoms. The number of esters is 2. The Morgan fingerprint density at radius 1 is 1.43 bits per heavy atom. The van der Waals surface area contributed by atoms with E-state index in [4.69, 9.17) is 9.47 Å². The molecule has 1 saturated heterocycles. The van der Waals surface area contributed by atoms with Gasteiger partial charge in [-0.15, -0.1) is 0 Å². The van der Waals surface area contributed by atoms with Gasteiger partial charge in [0.05, 0.1) is 12.3 Å². The highest BCUT2D eigenvalue weighted by Crippen LogP contribution is 2.18. The quantitative estimate of drug-likeness (QED) is 0.794. The zero-order chi connectivity index (χ0) is 16.6. The number of aryl methyl sites for hydroxylation is 3. The summed E-state index contributed by atoms with van der Waals surface area (Å²) in [6.45, 7) is 6.11. The number of rotatable bonds is 4. The number of aromatic nitrogens is 3. The maximum Gasteiger partial charge on any atom is 0.347 e. The standard InChI is InChI=1S/C16H19N3O4/c1-9-8-14-17-10(2)12(11(3)19(14)18-9)4-5-15(20)23-13-6-7-22-16(13)21/h8,13H,4-7H2,1-3H3. The largest absolute Gasteiger partial charge is 0.463 e. The van der Waals surface area contributed by atoms with Crippen LogP contribution in [0.15, 0.2) is 6.07 Å². The van der Waals surface area contributed by atoms with Gasteiger partial charge in [0.25, 0.3) is 0 Å². The Bertz CT molecular complexity index is 781. The Morgan fingerprint density at radius 2 is 2.22 bits per heavy atom. The van der Waals surface area contributed by atoms with E-state index in [0.29, 0.717) is 19.4 Å². The Labute approximate surface area is 133 Å². The van der Waals surface area contributed by atoms with Gasteiger partial charge in [-0.25, -0.2) is 14.3 Å². The zero-order valence-electron chi connectivity index (χ0n) is 13.5. The summed E-state index contributed by atoms with van der Waals surface area (Å²) in [4.78, 5) is 27.8. The Kier molecular flexibility index (Phi) is 4.02. The second kappa shape index (κ2) is 5.98. The van der Waals surface area contributed by atoms with Gasteiger partial charge in [-0.1, -0.05) is 0 Å². The number of hydrogen-bond donors (Lipinski definition) is 0. The molecule has 3 heterocycles. The SMILES string of the molecule is Cc1cc2nc(C)c(CCC(=O)OC3CCOC3=O)c(C)n2n1. The van der Waals surface area contributed by atoms with Gasteiger partial charge in [-0.3, -0.25) is 4.79 Å². The molecule has 1 fully saturated rings. The smallest absolute Gasteiger partial charge is 0.347 e. The molecule has 1 aliphatic rings. The summed E-state index contributed by atoms with van der Waals surface area (Å²) in [5, 5.41) is 4.41. The van der Waals surface area contributed by atoms with E-state index in [2.05, 4.69) is 10.1 Å². The Hall–Kier alpha value is -2.44. The molecule has 23 heavy (non-hydrogen) atoms. The van der Waals surface area contributed by atoms with Crippen LogP contribution >= 0.6 is 0 Å². The van der Waals surface area contributed by atoms with Gasteiger partial charge in [0.1, 0.15) is 0 Å². The highest BCUT2D eigenvalue weighted by Gasteiger charge is 2.30. The molecular weight excluding hydrogens is 298 g/mol. The molecule has 0 amide bonds. The molecule has 0 spiro atoms. The molecule has 0 N–H and O–H groups in total. The fourth-order valence-electron chi connectivity index (χ4n) is 2.83. The van der Waals surface area contributed by atoms with Crippen molar-refractivity contribution in [2.75, 3.05) is 6.61 Å². The highest BCUT2D eigenvalue weighted by atomic mass is 16.6. The van der Waals surface area contributed by atoms with Gasteiger partial charge in [-0.05, 0) is 32.8 Å². The minimum absolute atomic E-state index is 0.193. The first-order valence-corrected chi connectivity index (χ1v) is 7.64. The number of carbonyl (C=O) groups is 2. The summed E-state index contributed by atoms with van der Waals surface area (Å²) in [7, 11) is 0.